The molecule has 0 bridgehead atoms. The van der Waals surface area contributed by atoms with Crippen LogP contribution < -0.4 is 0 Å². The number of hydrogen-bond acceptors (Lipinski definition) is 1. The third-order valence-electron chi connectivity index (χ3n) is 2.68. The third kappa shape index (κ3) is 1.26. The summed E-state index contributed by atoms with van der Waals surface area (Å²) in [5, 5.41) is 9.13. The van der Waals surface area contributed by atoms with Crippen molar-refractivity contribution in [1.29, 1.82) is 0 Å². The Morgan fingerprint density at radius 2 is 2.29 bits per heavy atom. The minimum Gasteiger partial charge on any atom is -0.392 e. The molecule has 0 fully saturated rings. The average molecular weight is 190 g/mol. The maximum atomic E-state index is 9.13. The zero-order valence-corrected chi connectivity index (χ0v) is 8.41. The second kappa shape index (κ2) is 3.35. The van der Waals surface area contributed by atoms with Crippen molar-refractivity contribution in [3.8, 4) is 11.4 Å². The van der Waals surface area contributed by atoms with Gasteiger partial charge in [0.05, 0.1) is 18.0 Å². The van der Waals surface area contributed by atoms with Crippen molar-refractivity contribution in [2.24, 2.45) is 7.05 Å². The van der Waals surface area contributed by atoms with Crippen molar-refractivity contribution in [2.45, 2.75) is 13.5 Å². The Kier molecular flexibility index (Phi) is 2.17. The maximum Gasteiger partial charge on any atom is 0.0699 e. The molecule has 2 rings (SSSR count). The first-order chi connectivity index (χ1) is 6.74. The number of aromatic amines is 1. The number of aromatic nitrogens is 2. The molecule has 0 saturated heterocycles. The van der Waals surface area contributed by atoms with Crippen LogP contribution in [-0.2, 0) is 13.7 Å². The van der Waals surface area contributed by atoms with Crippen LogP contribution >= 0.6 is 0 Å². The van der Waals surface area contributed by atoms with E-state index in [1.807, 2.05) is 38.4 Å². The van der Waals surface area contributed by atoms with Crippen LogP contribution in [0.25, 0.3) is 11.4 Å². The Balaban J connectivity index is 2.55. The van der Waals surface area contributed by atoms with Gasteiger partial charge in [0.15, 0.2) is 0 Å². The lowest BCUT2D eigenvalue weighted by molar-refractivity contribution is 0.281. The van der Waals surface area contributed by atoms with Crippen LogP contribution in [0, 0.1) is 6.92 Å². The van der Waals surface area contributed by atoms with E-state index < -0.39 is 0 Å². The van der Waals surface area contributed by atoms with Gasteiger partial charge >= 0.3 is 0 Å². The largest absolute Gasteiger partial charge is 0.392 e. The molecule has 14 heavy (non-hydrogen) atoms. The molecule has 3 heteroatoms. The number of nitrogens with zero attached hydrogens (tertiary/aromatic N) is 1. The van der Waals surface area contributed by atoms with Crippen molar-refractivity contribution >= 4 is 0 Å². The van der Waals surface area contributed by atoms with Gasteiger partial charge in [-0.05, 0) is 30.7 Å². The van der Waals surface area contributed by atoms with Crippen LogP contribution in [0.1, 0.15) is 11.3 Å². The van der Waals surface area contributed by atoms with E-state index in [0.29, 0.717) is 0 Å². The van der Waals surface area contributed by atoms with Crippen molar-refractivity contribution in [2.75, 3.05) is 0 Å². The molecule has 2 aromatic rings. The lowest BCUT2D eigenvalue weighted by Crippen LogP contribution is -1.95. The predicted molar refractivity (Wildman–Crippen MR) is 55.9 cm³/mol. The first kappa shape index (κ1) is 9.09. The van der Waals surface area contributed by atoms with Gasteiger partial charge in [0.1, 0.15) is 0 Å². The van der Waals surface area contributed by atoms with Gasteiger partial charge < -0.3 is 14.7 Å². The number of nitrogens with one attached hydrogen (secondary N) is 1. The summed E-state index contributed by atoms with van der Waals surface area (Å²) in [6.07, 6.45) is 1.90. The zero-order chi connectivity index (χ0) is 10.1. The highest BCUT2D eigenvalue weighted by molar-refractivity contribution is 5.58. The first-order valence-electron chi connectivity index (χ1n) is 4.64. The second-order valence-corrected chi connectivity index (χ2v) is 3.44. The Hall–Kier alpha value is -1.48. The molecule has 0 aliphatic heterocycles. The van der Waals surface area contributed by atoms with Gasteiger partial charge in [0, 0.05) is 18.9 Å². The summed E-state index contributed by atoms with van der Waals surface area (Å²) in [5.74, 6) is 0. The number of aliphatic hydroxyl groups is 1. The Bertz CT molecular complexity index is 426. The molecule has 0 radical (unpaired) electrons. The van der Waals surface area contributed by atoms with Gasteiger partial charge in [-0.1, -0.05) is 0 Å². The van der Waals surface area contributed by atoms with E-state index in [1.165, 1.54) is 0 Å². The molecular weight excluding hydrogens is 176 g/mol. The average Bonchev–Trinajstić information content (AvgIpc) is 2.78. The fourth-order valence-corrected chi connectivity index (χ4v) is 1.67. The van der Waals surface area contributed by atoms with E-state index in [-0.39, 0.29) is 6.61 Å². The molecule has 0 aliphatic rings. The van der Waals surface area contributed by atoms with Gasteiger partial charge in [0.25, 0.3) is 0 Å². The quantitative estimate of drug-likeness (QED) is 0.745. The third-order valence-corrected chi connectivity index (χ3v) is 2.68. The maximum absolute atomic E-state index is 9.13. The number of aliphatic hydroxyl groups excluding tert-OH is 1. The molecule has 0 aliphatic carbocycles. The zero-order valence-electron chi connectivity index (χ0n) is 8.41. The van der Waals surface area contributed by atoms with E-state index in [1.54, 1.807) is 0 Å². The molecule has 0 amide bonds. The first-order valence-corrected chi connectivity index (χ1v) is 4.64. The standard InChI is InChI=1S/C11H14N2O/c1-8-9(7-14)6-11(13(8)2)10-4-3-5-12-10/h3-6,12,14H,7H2,1-2H3. The molecule has 3 nitrogen and oxygen atoms in total. The fourth-order valence-electron chi connectivity index (χ4n) is 1.67. The minimum absolute atomic E-state index is 0.0976. The molecule has 0 spiro atoms. The van der Waals surface area contributed by atoms with Gasteiger partial charge in [-0.25, -0.2) is 0 Å². The van der Waals surface area contributed by atoms with E-state index in [4.69, 9.17) is 5.11 Å². The van der Waals surface area contributed by atoms with Gasteiger partial charge in [0.2, 0.25) is 0 Å². The van der Waals surface area contributed by atoms with Crippen molar-refractivity contribution in [3.63, 3.8) is 0 Å². The number of rotatable bonds is 2. The van der Waals surface area contributed by atoms with Gasteiger partial charge in [-0.15, -0.1) is 0 Å². The topological polar surface area (TPSA) is 40.9 Å². The van der Waals surface area contributed by atoms with E-state index in [0.717, 1.165) is 22.6 Å². The Morgan fingerprint density at radius 3 is 2.79 bits per heavy atom. The van der Waals surface area contributed by atoms with Gasteiger partial charge in [-0.2, -0.15) is 0 Å². The summed E-state index contributed by atoms with van der Waals surface area (Å²) >= 11 is 0. The Morgan fingerprint density at radius 1 is 1.50 bits per heavy atom. The summed E-state index contributed by atoms with van der Waals surface area (Å²) in [5.41, 5.74) is 4.28. The van der Waals surface area contributed by atoms with Crippen LogP contribution in [-0.4, -0.2) is 14.7 Å². The van der Waals surface area contributed by atoms with Crippen LogP contribution in [0.5, 0.6) is 0 Å². The highest BCUT2D eigenvalue weighted by Crippen LogP contribution is 2.23. The van der Waals surface area contributed by atoms with Crippen LogP contribution in [0.2, 0.25) is 0 Å². The SMILES string of the molecule is Cc1c(CO)cc(-c2ccc[nH]2)n1C. The molecule has 0 unspecified atom stereocenters. The molecule has 2 N–H and O–H groups in total. The monoisotopic (exact) mass is 190 g/mol. The highest BCUT2D eigenvalue weighted by Gasteiger charge is 2.09. The molecule has 2 aromatic heterocycles. The molecule has 0 aromatic carbocycles. The summed E-state index contributed by atoms with van der Waals surface area (Å²) in [7, 11) is 2.00. The summed E-state index contributed by atoms with van der Waals surface area (Å²) in [6.45, 7) is 2.11. The van der Waals surface area contributed by atoms with Gasteiger partial charge in [-0.3, -0.25) is 0 Å². The van der Waals surface area contributed by atoms with Crippen LogP contribution in [0.3, 0.4) is 0 Å². The van der Waals surface area contributed by atoms with Crippen molar-refractivity contribution in [3.05, 3.63) is 35.7 Å². The van der Waals surface area contributed by atoms with Crippen LogP contribution in [0.4, 0.5) is 0 Å². The van der Waals surface area contributed by atoms with E-state index >= 15 is 0 Å². The van der Waals surface area contributed by atoms with Crippen molar-refractivity contribution < 1.29 is 5.11 Å². The summed E-state index contributed by atoms with van der Waals surface area (Å²) < 4.78 is 2.08. The normalized spacial score (nSPS) is 10.8. The van der Waals surface area contributed by atoms with Crippen molar-refractivity contribution in [1.82, 2.24) is 9.55 Å². The summed E-state index contributed by atoms with van der Waals surface area (Å²) in [4.78, 5) is 3.16. The molecule has 0 atom stereocenters. The minimum atomic E-state index is 0.0976. The highest BCUT2D eigenvalue weighted by atomic mass is 16.3. The molecular formula is C11H14N2O. The van der Waals surface area contributed by atoms with Crippen LogP contribution in [0.15, 0.2) is 24.4 Å². The lowest BCUT2D eigenvalue weighted by atomic mass is 10.2. The van der Waals surface area contributed by atoms with E-state index in [2.05, 4.69) is 9.55 Å². The van der Waals surface area contributed by atoms with E-state index in [9.17, 15) is 0 Å². The number of H-pyrrole nitrogens is 1. The molecule has 74 valence electrons. The predicted octanol–water partition coefficient (Wildman–Crippen LogP) is 1.82. The lowest BCUT2D eigenvalue weighted by Gasteiger charge is -2.02. The Labute approximate surface area is 83.0 Å². The smallest absolute Gasteiger partial charge is 0.0699 e. The second-order valence-electron chi connectivity index (χ2n) is 3.44. The fraction of sp³-hybridized carbons (Fsp3) is 0.273. The molecule has 2 heterocycles. The molecule has 0 saturated carbocycles. The number of hydrogen-bond donors (Lipinski definition) is 2. The summed E-state index contributed by atoms with van der Waals surface area (Å²) in [6, 6.07) is 6.01.